The van der Waals surface area contributed by atoms with Crippen molar-refractivity contribution in [2.24, 2.45) is 0 Å². The fourth-order valence-corrected chi connectivity index (χ4v) is 2.67. The Bertz CT molecular complexity index is 864. The lowest BCUT2D eigenvalue weighted by Crippen LogP contribution is -2.04. The number of nitrogens with zero attached hydrogens (tertiary/aromatic N) is 1. The Morgan fingerprint density at radius 1 is 1.08 bits per heavy atom. The molecule has 0 aliphatic heterocycles. The summed E-state index contributed by atoms with van der Waals surface area (Å²) in [7, 11) is 0. The molecule has 0 unspecified atom stereocenters. The lowest BCUT2D eigenvalue weighted by Gasteiger charge is -2.01. The van der Waals surface area contributed by atoms with Crippen LogP contribution in [-0.4, -0.2) is 21.9 Å². The molecule has 3 aromatic rings. The van der Waals surface area contributed by atoms with Crippen LogP contribution in [0.4, 0.5) is 5.69 Å². The van der Waals surface area contributed by atoms with Crippen LogP contribution in [0.25, 0.3) is 10.9 Å². The number of nitrogens with two attached hydrogens (primary N) is 1. The van der Waals surface area contributed by atoms with E-state index in [-0.39, 0.29) is 11.7 Å². The van der Waals surface area contributed by atoms with Gasteiger partial charge < -0.3 is 5.73 Å². The minimum atomic E-state index is -0.211. The monoisotopic (exact) mass is 403 g/mol. The Morgan fingerprint density at radius 3 is 2.42 bits per heavy atom. The van der Waals surface area contributed by atoms with E-state index in [9.17, 15) is 4.79 Å². The van der Waals surface area contributed by atoms with Crippen molar-refractivity contribution < 1.29 is 4.79 Å². The van der Waals surface area contributed by atoms with Gasteiger partial charge in [0.25, 0.3) is 0 Å². The molecule has 1 aromatic heterocycles. The molecule has 0 spiro atoms. The molecule has 0 aliphatic carbocycles. The van der Waals surface area contributed by atoms with Gasteiger partial charge in [0.1, 0.15) is 0 Å². The van der Waals surface area contributed by atoms with E-state index in [0.717, 1.165) is 16.6 Å². The van der Waals surface area contributed by atoms with Crippen molar-refractivity contribution >= 4 is 68.8 Å². The molecular weight excluding hydrogens is 392 g/mol. The highest BCUT2D eigenvalue weighted by Crippen LogP contribution is 2.21. The lowest BCUT2D eigenvalue weighted by molar-refractivity contribution is 0.102. The number of halogens is 4. The van der Waals surface area contributed by atoms with Gasteiger partial charge in [-0.15, -0.1) is 23.2 Å². The van der Waals surface area contributed by atoms with E-state index in [0.29, 0.717) is 27.2 Å². The average molecular weight is 405 g/mol. The molecule has 1 heterocycles. The zero-order valence-corrected chi connectivity index (χ0v) is 15.3. The molecule has 0 saturated carbocycles. The van der Waals surface area contributed by atoms with E-state index in [1.807, 2.05) is 18.2 Å². The zero-order chi connectivity index (χ0) is 17.7. The molecule has 0 aliphatic rings. The summed E-state index contributed by atoms with van der Waals surface area (Å²) in [6, 6.07) is 10.3. The smallest absolute Gasteiger partial charge is 0.179 e. The average Bonchev–Trinajstić information content (AvgIpc) is 2.99. The van der Waals surface area contributed by atoms with Gasteiger partial charge >= 0.3 is 0 Å². The molecule has 4 nitrogen and oxygen atoms in total. The largest absolute Gasteiger partial charge is 0.398 e. The summed E-state index contributed by atoms with van der Waals surface area (Å²) in [4.78, 5) is 11.1. The van der Waals surface area contributed by atoms with E-state index >= 15 is 0 Å². The summed E-state index contributed by atoms with van der Waals surface area (Å²) < 4.78 is 0. The first-order valence-electron chi connectivity index (χ1n) is 6.79. The van der Waals surface area contributed by atoms with Gasteiger partial charge in [-0.25, -0.2) is 0 Å². The number of benzene rings is 2. The van der Waals surface area contributed by atoms with Crippen molar-refractivity contribution in [3.05, 3.63) is 57.7 Å². The fraction of sp³-hybridized carbons (Fsp3) is 0.125. The highest BCUT2D eigenvalue weighted by Gasteiger charge is 2.08. The number of hydrogen-bond donors (Lipinski definition) is 2. The maximum absolute atomic E-state index is 11.1. The van der Waals surface area contributed by atoms with Crippen LogP contribution in [0.3, 0.4) is 0 Å². The maximum atomic E-state index is 11.1. The van der Waals surface area contributed by atoms with Crippen molar-refractivity contribution in [3.8, 4) is 0 Å². The Kier molecular flexibility index (Phi) is 6.75. The Morgan fingerprint density at radius 2 is 1.75 bits per heavy atom. The summed E-state index contributed by atoms with van der Waals surface area (Å²) in [5, 5.41) is 9.10. The number of carbonyl (C=O) groups excluding carboxylic acids is 1. The Labute approximate surface area is 158 Å². The highest BCUT2D eigenvalue weighted by molar-refractivity contribution is 6.33. The third kappa shape index (κ3) is 4.54. The molecule has 0 fully saturated rings. The van der Waals surface area contributed by atoms with Gasteiger partial charge in [-0.05, 0) is 36.4 Å². The van der Waals surface area contributed by atoms with Crippen LogP contribution in [0.5, 0.6) is 0 Å². The zero-order valence-electron chi connectivity index (χ0n) is 12.3. The standard InChI is InChI=1S/C8H6Cl2N2.C8H7Cl2NO/c9-4-8-6-3-5(10)1-2-7(6)11-12-8;9-4-8(12)6-3-5(10)1-2-7(6)11/h1-3H,4H2,(H,11,12);1-3H,4,11H2. The van der Waals surface area contributed by atoms with Crippen LogP contribution >= 0.6 is 46.4 Å². The summed E-state index contributed by atoms with van der Waals surface area (Å²) in [6.07, 6.45) is 0. The van der Waals surface area contributed by atoms with Crippen LogP contribution in [0, 0.1) is 0 Å². The highest BCUT2D eigenvalue weighted by atomic mass is 35.5. The number of nitrogen functional groups attached to an aromatic ring is 1. The number of nitrogens with one attached hydrogen (secondary N) is 1. The minimum Gasteiger partial charge on any atom is -0.398 e. The third-order valence-corrected chi connectivity index (χ3v) is 4.15. The maximum Gasteiger partial charge on any atom is 0.179 e. The number of fused-ring (bicyclic) bond motifs is 1. The summed E-state index contributed by atoms with van der Waals surface area (Å²) in [6.45, 7) is 0. The minimum absolute atomic E-state index is 0.0788. The van der Waals surface area contributed by atoms with Crippen molar-refractivity contribution in [3.63, 3.8) is 0 Å². The first-order valence-corrected chi connectivity index (χ1v) is 8.61. The van der Waals surface area contributed by atoms with Gasteiger partial charge in [-0.2, -0.15) is 5.10 Å². The number of carbonyl (C=O) groups is 1. The lowest BCUT2D eigenvalue weighted by atomic mass is 10.1. The Hall–Kier alpha value is -1.46. The first-order chi connectivity index (χ1) is 11.5. The van der Waals surface area contributed by atoms with Gasteiger partial charge in [0.05, 0.1) is 23.0 Å². The number of rotatable bonds is 3. The SMILES string of the molecule is ClCc1[nH]nc2ccc(Cl)cc12.Nc1ccc(Cl)cc1C(=O)CCl. The number of aromatic nitrogens is 2. The quantitative estimate of drug-likeness (QED) is 0.353. The molecule has 0 radical (unpaired) electrons. The summed E-state index contributed by atoms with van der Waals surface area (Å²) in [5.41, 5.74) is 8.13. The molecule has 0 amide bonds. The van der Waals surface area contributed by atoms with Gasteiger partial charge in [-0.1, -0.05) is 23.2 Å². The number of Topliss-reactive ketones (excluding diaryl/α,β-unsaturated/α-hetero) is 1. The molecule has 0 saturated heterocycles. The van der Waals surface area contributed by atoms with E-state index < -0.39 is 0 Å². The number of hydrogen-bond acceptors (Lipinski definition) is 3. The molecule has 0 atom stereocenters. The van der Waals surface area contributed by atoms with Crippen LogP contribution in [0.2, 0.25) is 10.0 Å². The number of H-pyrrole nitrogens is 1. The van der Waals surface area contributed by atoms with Crippen LogP contribution in [0.15, 0.2) is 36.4 Å². The number of ketones is 1. The molecule has 126 valence electrons. The number of anilines is 1. The molecule has 3 rings (SSSR count). The van der Waals surface area contributed by atoms with Crippen LogP contribution in [0.1, 0.15) is 16.1 Å². The fourth-order valence-electron chi connectivity index (χ4n) is 1.98. The van der Waals surface area contributed by atoms with E-state index in [4.69, 9.17) is 52.1 Å². The third-order valence-electron chi connectivity index (χ3n) is 3.17. The van der Waals surface area contributed by atoms with E-state index in [1.54, 1.807) is 12.1 Å². The van der Waals surface area contributed by atoms with Crippen LogP contribution < -0.4 is 5.73 Å². The van der Waals surface area contributed by atoms with Crippen LogP contribution in [-0.2, 0) is 5.88 Å². The molecule has 3 N–H and O–H groups in total. The van der Waals surface area contributed by atoms with Crippen molar-refractivity contribution in [1.82, 2.24) is 10.2 Å². The van der Waals surface area contributed by atoms with Gasteiger partial charge in [0, 0.05) is 26.7 Å². The molecular formula is C16H13Cl4N3O. The van der Waals surface area contributed by atoms with E-state index in [2.05, 4.69) is 10.2 Å². The summed E-state index contributed by atoms with van der Waals surface area (Å²) in [5.74, 6) is 0.137. The second kappa shape index (κ2) is 8.58. The Balaban J connectivity index is 0.000000174. The topological polar surface area (TPSA) is 71.8 Å². The van der Waals surface area contributed by atoms with Crippen molar-refractivity contribution in [1.29, 1.82) is 0 Å². The number of alkyl halides is 2. The van der Waals surface area contributed by atoms with Crippen molar-refractivity contribution in [2.45, 2.75) is 5.88 Å². The second-order valence-corrected chi connectivity index (χ2v) is 6.19. The predicted octanol–water partition coefficient (Wildman–Crippen LogP) is 5.30. The molecule has 8 heteroatoms. The molecule has 0 bridgehead atoms. The van der Waals surface area contributed by atoms with Gasteiger partial charge in [-0.3, -0.25) is 9.89 Å². The molecule has 24 heavy (non-hydrogen) atoms. The summed E-state index contributed by atoms with van der Waals surface area (Å²) >= 11 is 22.5. The first kappa shape index (κ1) is 18.9. The normalized spacial score (nSPS) is 10.3. The predicted molar refractivity (Wildman–Crippen MR) is 102 cm³/mol. The van der Waals surface area contributed by atoms with Crippen molar-refractivity contribution in [2.75, 3.05) is 11.6 Å². The second-order valence-electron chi connectivity index (χ2n) is 4.79. The molecule has 2 aromatic carbocycles. The van der Waals surface area contributed by atoms with E-state index in [1.165, 1.54) is 6.07 Å². The van der Waals surface area contributed by atoms with Gasteiger partial charge in [0.2, 0.25) is 0 Å². The van der Waals surface area contributed by atoms with Gasteiger partial charge in [0.15, 0.2) is 5.78 Å². The number of aromatic amines is 1.